The third-order valence-corrected chi connectivity index (χ3v) is 2.41. The summed E-state index contributed by atoms with van der Waals surface area (Å²) in [6.45, 7) is 2.67. The van der Waals surface area contributed by atoms with E-state index in [-0.39, 0.29) is 6.29 Å². The summed E-state index contributed by atoms with van der Waals surface area (Å²) in [5.74, 6) is 0. The molecule has 0 aromatic carbocycles. The van der Waals surface area contributed by atoms with Crippen molar-refractivity contribution in [2.45, 2.75) is 12.7 Å². The summed E-state index contributed by atoms with van der Waals surface area (Å²) in [7, 11) is 6.21. The van der Waals surface area contributed by atoms with Gasteiger partial charge in [-0.2, -0.15) is 5.26 Å². The van der Waals surface area contributed by atoms with Crippen LogP contribution in [0.2, 0.25) is 0 Å². The molecule has 13 heavy (non-hydrogen) atoms. The summed E-state index contributed by atoms with van der Waals surface area (Å²) in [5, 5.41) is 8.68. The van der Waals surface area contributed by atoms with Gasteiger partial charge in [-0.05, 0) is 27.6 Å². The maximum Gasteiger partial charge on any atom is 0.119 e. The van der Waals surface area contributed by atoms with E-state index in [0.717, 1.165) is 19.5 Å². The van der Waals surface area contributed by atoms with Gasteiger partial charge in [0.2, 0.25) is 0 Å². The molecule has 1 unspecified atom stereocenters. The highest BCUT2D eigenvalue weighted by Gasteiger charge is 2.27. The molecular formula is C9H18N4. The van der Waals surface area contributed by atoms with Crippen LogP contribution in [0.4, 0.5) is 0 Å². The van der Waals surface area contributed by atoms with E-state index in [9.17, 15) is 0 Å². The van der Waals surface area contributed by atoms with E-state index in [1.54, 1.807) is 0 Å². The lowest BCUT2D eigenvalue weighted by Gasteiger charge is -2.44. The minimum Gasteiger partial charge on any atom is -0.282 e. The highest BCUT2D eigenvalue weighted by atomic mass is 15.5. The first-order valence-corrected chi connectivity index (χ1v) is 4.64. The first kappa shape index (κ1) is 10.5. The number of hydrogen-bond donors (Lipinski definition) is 0. The number of hydrogen-bond acceptors (Lipinski definition) is 4. The Bertz CT molecular complexity index is 196. The molecule has 0 N–H and O–H groups in total. The predicted octanol–water partition coefficient (Wildman–Crippen LogP) is -0.00732. The molecule has 1 aliphatic rings. The maximum absolute atomic E-state index is 8.68. The van der Waals surface area contributed by atoms with Gasteiger partial charge in [0.05, 0.1) is 12.6 Å². The molecule has 0 aromatic heterocycles. The molecule has 1 fully saturated rings. The van der Waals surface area contributed by atoms with Crippen LogP contribution >= 0.6 is 0 Å². The third kappa shape index (κ3) is 2.41. The predicted molar refractivity (Wildman–Crippen MR) is 51.9 cm³/mol. The van der Waals surface area contributed by atoms with E-state index >= 15 is 0 Å². The van der Waals surface area contributed by atoms with Gasteiger partial charge in [-0.3, -0.25) is 14.7 Å². The smallest absolute Gasteiger partial charge is 0.119 e. The molecule has 0 spiro atoms. The van der Waals surface area contributed by atoms with Gasteiger partial charge in [-0.1, -0.05) is 0 Å². The molecular weight excluding hydrogens is 164 g/mol. The van der Waals surface area contributed by atoms with Gasteiger partial charge in [0.1, 0.15) is 6.29 Å². The van der Waals surface area contributed by atoms with Crippen molar-refractivity contribution in [3.63, 3.8) is 0 Å². The molecule has 4 nitrogen and oxygen atoms in total. The van der Waals surface area contributed by atoms with E-state index in [4.69, 9.17) is 5.26 Å². The molecule has 1 heterocycles. The summed E-state index contributed by atoms with van der Waals surface area (Å²) in [5.41, 5.74) is 0. The minimum atomic E-state index is 0.286. The van der Waals surface area contributed by atoms with E-state index in [1.807, 2.05) is 0 Å². The summed E-state index contributed by atoms with van der Waals surface area (Å²) < 4.78 is 0. The van der Waals surface area contributed by atoms with E-state index in [1.165, 1.54) is 0 Å². The highest BCUT2D eigenvalue weighted by Crippen LogP contribution is 2.13. The molecule has 1 aliphatic heterocycles. The van der Waals surface area contributed by atoms with Crippen LogP contribution in [0.1, 0.15) is 6.42 Å². The molecule has 1 atom stereocenters. The van der Waals surface area contributed by atoms with Crippen LogP contribution in [0, 0.1) is 11.3 Å². The van der Waals surface area contributed by atoms with Crippen LogP contribution in [-0.2, 0) is 0 Å². The van der Waals surface area contributed by atoms with Gasteiger partial charge in [-0.15, -0.1) is 0 Å². The fourth-order valence-electron chi connectivity index (χ4n) is 2.01. The average Bonchev–Trinajstić information content (AvgIpc) is 2.04. The van der Waals surface area contributed by atoms with Crippen molar-refractivity contribution in [2.24, 2.45) is 0 Å². The van der Waals surface area contributed by atoms with Crippen LogP contribution in [0.25, 0.3) is 0 Å². The van der Waals surface area contributed by atoms with Crippen LogP contribution in [0.5, 0.6) is 0 Å². The van der Waals surface area contributed by atoms with Crippen LogP contribution < -0.4 is 0 Å². The van der Waals surface area contributed by atoms with Crippen molar-refractivity contribution < 1.29 is 0 Å². The number of rotatable bonds is 2. The summed E-state index contributed by atoms with van der Waals surface area (Å²) in [6, 6.07) is 2.22. The Morgan fingerprint density at radius 3 is 2.69 bits per heavy atom. The molecule has 4 heteroatoms. The first-order valence-electron chi connectivity index (χ1n) is 4.64. The number of nitriles is 1. The normalized spacial score (nSPS) is 26.2. The second-order valence-electron chi connectivity index (χ2n) is 3.77. The van der Waals surface area contributed by atoms with E-state index in [2.05, 4.69) is 41.9 Å². The Morgan fingerprint density at radius 1 is 1.46 bits per heavy atom. The zero-order valence-corrected chi connectivity index (χ0v) is 8.69. The molecule has 0 aromatic rings. The average molecular weight is 182 g/mol. The second kappa shape index (κ2) is 4.56. The Balaban J connectivity index is 2.63. The molecule has 0 bridgehead atoms. The number of nitrogens with zero attached hydrogens (tertiary/aromatic N) is 4. The van der Waals surface area contributed by atoms with Crippen molar-refractivity contribution in [1.29, 1.82) is 5.26 Å². The molecule has 0 radical (unpaired) electrons. The third-order valence-electron chi connectivity index (χ3n) is 2.41. The van der Waals surface area contributed by atoms with Crippen molar-refractivity contribution in [3.8, 4) is 6.07 Å². The lowest BCUT2D eigenvalue weighted by molar-refractivity contribution is -0.0560. The first-order chi connectivity index (χ1) is 6.16. The van der Waals surface area contributed by atoms with Crippen molar-refractivity contribution in [3.05, 3.63) is 0 Å². The minimum absolute atomic E-state index is 0.286. The highest BCUT2D eigenvalue weighted by molar-refractivity contribution is 4.83. The van der Waals surface area contributed by atoms with Crippen LogP contribution in [-0.4, -0.2) is 61.8 Å². The van der Waals surface area contributed by atoms with E-state index in [0.29, 0.717) is 6.54 Å². The quantitative estimate of drug-likeness (QED) is 0.563. The zero-order chi connectivity index (χ0) is 9.84. The van der Waals surface area contributed by atoms with Gasteiger partial charge in [0, 0.05) is 13.1 Å². The topological polar surface area (TPSA) is 33.5 Å². The summed E-state index contributed by atoms with van der Waals surface area (Å²) >= 11 is 0. The second-order valence-corrected chi connectivity index (χ2v) is 3.77. The van der Waals surface area contributed by atoms with E-state index < -0.39 is 0 Å². The monoisotopic (exact) mass is 182 g/mol. The van der Waals surface area contributed by atoms with Gasteiger partial charge in [0.15, 0.2) is 0 Å². The molecule has 1 saturated heterocycles. The zero-order valence-electron chi connectivity index (χ0n) is 8.69. The van der Waals surface area contributed by atoms with Crippen molar-refractivity contribution >= 4 is 0 Å². The lowest BCUT2D eigenvalue weighted by Crippen LogP contribution is -2.58. The lowest BCUT2D eigenvalue weighted by atomic mass is 10.2. The van der Waals surface area contributed by atoms with Gasteiger partial charge in [0.25, 0.3) is 0 Å². The fraction of sp³-hybridized carbons (Fsp3) is 0.889. The largest absolute Gasteiger partial charge is 0.282 e. The molecule has 0 saturated carbocycles. The standard InChI is InChI=1S/C9H18N4/c1-11(2)9-12(3)6-4-7-13(9)8-5-10/h9H,4,6-8H2,1-3H3. The van der Waals surface area contributed by atoms with Crippen molar-refractivity contribution in [1.82, 2.24) is 14.7 Å². The summed E-state index contributed by atoms with van der Waals surface area (Å²) in [4.78, 5) is 6.63. The molecule has 1 rings (SSSR count). The Labute approximate surface area is 80.3 Å². The Kier molecular flexibility index (Phi) is 3.67. The van der Waals surface area contributed by atoms with Crippen LogP contribution in [0.15, 0.2) is 0 Å². The Hall–Kier alpha value is -0.630. The molecule has 74 valence electrons. The molecule has 0 amide bonds. The van der Waals surface area contributed by atoms with Crippen LogP contribution in [0.3, 0.4) is 0 Å². The molecule has 0 aliphatic carbocycles. The fourth-order valence-corrected chi connectivity index (χ4v) is 2.01. The maximum atomic E-state index is 8.68. The van der Waals surface area contributed by atoms with Gasteiger partial charge in [-0.25, -0.2) is 0 Å². The van der Waals surface area contributed by atoms with Crippen molar-refractivity contribution in [2.75, 3.05) is 40.8 Å². The Morgan fingerprint density at radius 2 is 2.15 bits per heavy atom. The summed E-state index contributed by atoms with van der Waals surface area (Å²) in [6.07, 6.45) is 1.44. The SMILES string of the molecule is CN(C)C1N(C)CCCN1CC#N. The van der Waals surface area contributed by atoms with Gasteiger partial charge < -0.3 is 0 Å². The van der Waals surface area contributed by atoms with Gasteiger partial charge >= 0.3 is 0 Å².